The molecule has 0 amide bonds. The maximum Gasteiger partial charge on any atom is 0.164 e. The predicted molar refractivity (Wildman–Crippen MR) is 232 cm³/mol. The van der Waals surface area contributed by atoms with Gasteiger partial charge in [0.2, 0.25) is 0 Å². The highest BCUT2D eigenvalue weighted by atomic mass is 16.3. The second kappa shape index (κ2) is 12.3. The lowest BCUT2D eigenvalue weighted by Gasteiger charge is -2.13. The number of para-hydroxylation sites is 4. The van der Waals surface area contributed by atoms with E-state index in [1.165, 1.54) is 21.5 Å². The van der Waals surface area contributed by atoms with Crippen LogP contribution in [0.5, 0.6) is 0 Å². The number of benzene rings is 8. The number of hydrogen-bond donors (Lipinski definition) is 0. The van der Waals surface area contributed by atoms with Crippen molar-refractivity contribution in [3.63, 3.8) is 0 Å². The molecule has 6 nitrogen and oxygen atoms in total. The summed E-state index contributed by atoms with van der Waals surface area (Å²) in [6.07, 6.45) is 0. The number of nitrogens with zero attached hydrogens (tertiary/aromatic N) is 5. The van der Waals surface area contributed by atoms with Gasteiger partial charge in [-0.25, -0.2) is 15.0 Å². The smallest absolute Gasteiger partial charge is 0.164 e. The summed E-state index contributed by atoms with van der Waals surface area (Å²) in [6, 6.07) is 65.3. The van der Waals surface area contributed by atoms with Gasteiger partial charge < -0.3 is 13.6 Å². The zero-order valence-corrected chi connectivity index (χ0v) is 30.5. The monoisotopic (exact) mass is 729 g/mol. The van der Waals surface area contributed by atoms with Crippen molar-refractivity contribution in [2.75, 3.05) is 0 Å². The Morgan fingerprint density at radius 2 is 0.807 bits per heavy atom. The Bertz CT molecular complexity index is 3450. The lowest BCUT2D eigenvalue weighted by Crippen LogP contribution is -2.01. The first-order chi connectivity index (χ1) is 28.3. The normalized spacial score (nSPS) is 11.9. The van der Waals surface area contributed by atoms with E-state index >= 15 is 0 Å². The van der Waals surface area contributed by atoms with Gasteiger partial charge in [-0.15, -0.1) is 0 Å². The molecule has 6 heteroatoms. The van der Waals surface area contributed by atoms with E-state index in [2.05, 4.69) is 130 Å². The number of fused-ring (bicyclic) bond motifs is 12. The second-order valence-corrected chi connectivity index (χ2v) is 14.4. The molecular weight excluding hydrogens is 699 g/mol. The van der Waals surface area contributed by atoms with Gasteiger partial charge in [-0.2, -0.15) is 0 Å². The largest absolute Gasteiger partial charge is 0.454 e. The Hall–Kier alpha value is -7.83. The van der Waals surface area contributed by atoms with E-state index in [0.717, 1.165) is 72.1 Å². The van der Waals surface area contributed by atoms with Gasteiger partial charge in [0.1, 0.15) is 5.58 Å². The molecule has 0 fully saturated rings. The predicted octanol–water partition coefficient (Wildman–Crippen LogP) is 13.0. The second-order valence-electron chi connectivity index (χ2n) is 14.4. The van der Waals surface area contributed by atoms with Gasteiger partial charge in [-0.1, -0.05) is 146 Å². The first-order valence-corrected chi connectivity index (χ1v) is 19.1. The van der Waals surface area contributed by atoms with Gasteiger partial charge in [0.05, 0.1) is 27.5 Å². The zero-order chi connectivity index (χ0) is 37.5. The van der Waals surface area contributed by atoms with E-state index in [1.54, 1.807) is 0 Å². The fourth-order valence-electron chi connectivity index (χ4n) is 8.72. The molecule has 0 atom stereocenters. The van der Waals surface area contributed by atoms with Gasteiger partial charge in [-0.3, -0.25) is 0 Å². The molecule has 0 saturated carbocycles. The first-order valence-electron chi connectivity index (χ1n) is 19.1. The van der Waals surface area contributed by atoms with Crippen LogP contribution in [-0.2, 0) is 0 Å². The van der Waals surface area contributed by atoms with Crippen molar-refractivity contribution in [2.45, 2.75) is 0 Å². The van der Waals surface area contributed by atoms with Gasteiger partial charge in [0, 0.05) is 55.0 Å². The minimum atomic E-state index is 0.609. The molecular formula is C51H31N5O. The molecule has 57 heavy (non-hydrogen) atoms. The molecule has 0 aliphatic rings. The number of rotatable bonds is 5. The Labute approximate surface area is 326 Å². The molecule has 0 unspecified atom stereocenters. The standard InChI is InChI=1S/C51H31N5O/c1-4-17-32(18-5-1)49-52-50(33-19-6-2-7-20-33)54-51(53-49)34-21-16-24-36(31-34)56-41-29-14-10-25-37(41)43-44-38-26-11-13-28-40(38)55(35-22-8-3-9-23-35)47(44)48-45(46(43)56)39-27-12-15-30-42(39)57-48/h1-31H. The van der Waals surface area contributed by atoms with Gasteiger partial charge in [-0.05, 0) is 42.5 Å². The van der Waals surface area contributed by atoms with Crippen LogP contribution in [0.15, 0.2) is 192 Å². The average Bonchev–Trinajstić information content (AvgIpc) is 3.95. The van der Waals surface area contributed by atoms with Crippen molar-refractivity contribution < 1.29 is 4.42 Å². The summed E-state index contributed by atoms with van der Waals surface area (Å²) >= 11 is 0. The third-order valence-electron chi connectivity index (χ3n) is 11.1. The Morgan fingerprint density at radius 1 is 0.351 bits per heavy atom. The first kappa shape index (κ1) is 31.5. The molecule has 0 bridgehead atoms. The van der Waals surface area contributed by atoms with Crippen molar-refractivity contribution in [1.29, 1.82) is 0 Å². The summed E-state index contributed by atoms with van der Waals surface area (Å²) in [5.74, 6) is 1.87. The highest BCUT2D eigenvalue weighted by Crippen LogP contribution is 2.49. The van der Waals surface area contributed by atoms with Gasteiger partial charge in [0.25, 0.3) is 0 Å². The van der Waals surface area contributed by atoms with Crippen LogP contribution in [-0.4, -0.2) is 24.1 Å². The molecule has 12 aromatic rings. The lowest BCUT2D eigenvalue weighted by atomic mass is 10.0. The van der Waals surface area contributed by atoms with E-state index in [4.69, 9.17) is 19.4 Å². The van der Waals surface area contributed by atoms with Gasteiger partial charge >= 0.3 is 0 Å². The molecule has 4 aromatic heterocycles. The Kier molecular flexibility index (Phi) is 6.83. The minimum Gasteiger partial charge on any atom is -0.454 e. The molecule has 266 valence electrons. The summed E-state index contributed by atoms with van der Waals surface area (Å²) in [5, 5.41) is 6.85. The topological polar surface area (TPSA) is 61.7 Å². The summed E-state index contributed by atoms with van der Waals surface area (Å²) in [7, 11) is 0. The van der Waals surface area contributed by atoms with Crippen LogP contribution < -0.4 is 0 Å². The number of furan rings is 1. The van der Waals surface area contributed by atoms with Gasteiger partial charge in [0.15, 0.2) is 23.1 Å². The van der Waals surface area contributed by atoms with E-state index in [9.17, 15) is 0 Å². The molecule has 0 saturated heterocycles. The Morgan fingerprint density at radius 3 is 1.44 bits per heavy atom. The van der Waals surface area contributed by atoms with Crippen LogP contribution in [0, 0.1) is 0 Å². The molecule has 4 heterocycles. The summed E-state index contributed by atoms with van der Waals surface area (Å²) in [5.41, 5.74) is 10.9. The Balaban J connectivity index is 1.21. The molecule has 0 radical (unpaired) electrons. The molecule has 0 N–H and O–H groups in total. The molecule has 8 aromatic carbocycles. The average molecular weight is 730 g/mol. The maximum absolute atomic E-state index is 6.99. The van der Waals surface area contributed by atoms with Crippen LogP contribution in [0.25, 0.3) is 111 Å². The fraction of sp³-hybridized carbons (Fsp3) is 0. The third kappa shape index (κ3) is 4.74. The minimum absolute atomic E-state index is 0.609. The van der Waals surface area contributed by atoms with E-state index in [-0.39, 0.29) is 0 Å². The highest BCUT2D eigenvalue weighted by Gasteiger charge is 2.27. The molecule has 0 aliphatic carbocycles. The van der Waals surface area contributed by atoms with Crippen LogP contribution in [0.2, 0.25) is 0 Å². The molecule has 0 spiro atoms. The summed E-state index contributed by atoms with van der Waals surface area (Å²) in [4.78, 5) is 15.1. The molecule has 12 rings (SSSR count). The SMILES string of the molecule is c1ccc(-c2nc(-c3ccccc3)nc(-c3cccc(-n4c5ccccc5c5c6c7ccccc7n(-c7ccccc7)c6c6oc7ccccc7c6c54)c3)n2)cc1. The lowest BCUT2D eigenvalue weighted by molar-refractivity contribution is 0.671. The van der Waals surface area contributed by atoms with Crippen LogP contribution in [0.3, 0.4) is 0 Å². The van der Waals surface area contributed by atoms with Crippen molar-refractivity contribution in [2.24, 2.45) is 0 Å². The number of hydrogen-bond acceptors (Lipinski definition) is 4. The van der Waals surface area contributed by atoms with E-state index in [1.807, 2.05) is 66.7 Å². The quantitative estimate of drug-likeness (QED) is 0.177. The van der Waals surface area contributed by atoms with Crippen molar-refractivity contribution in [1.82, 2.24) is 24.1 Å². The number of aromatic nitrogens is 5. The van der Waals surface area contributed by atoms with Crippen molar-refractivity contribution in [3.8, 4) is 45.5 Å². The van der Waals surface area contributed by atoms with Crippen LogP contribution in [0.1, 0.15) is 0 Å². The van der Waals surface area contributed by atoms with E-state index < -0.39 is 0 Å². The zero-order valence-electron chi connectivity index (χ0n) is 30.5. The third-order valence-corrected chi connectivity index (χ3v) is 11.1. The van der Waals surface area contributed by atoms with E-state index in [0.29, 0.717) is 17.5 Å². The summed E-state index contributed by atoms with van der Waals surface area (Å²) < 4.78 is 11.8. The van der Waals surface area contributed by atoms with Crippen molar-refractivity contribution in [3.05, 3.63) is 188 Å². The maximum atomic E-state index is 6.99. The fourth-order valence-corrected chi connectivity index (χ4v) is 8.72. The highest BCUT2D eigenvalue weighted by molar-refractivity contribution is 6.39. The van der Waals surface area contributed by atoms with Crippen LogP contribution >= 0.6 is 0 Å². The van der Waals surface area contributed by atoms with Crippen LogP contribution in [0.4, 0.5) is 0 Å². The van der Waals surface area contributed by atoms with Crippen molar-refractivity contribution >= 4 is 65.6 Å². The molecule has 0 aliphatic heterocycles. The summed E-state index contributed by atoms with van der Waals surface area (Å²) in [6.45, 7) is 0.